The van der Waals surface area contributed by atoms with Crippen molar-refractivity contribution in [3.63, 3.8) is 0 Å². The molecule has 0 fully saturated rings. The molecule has 1 N–H and O–H groups in total. The SMILES string of the molecule is CC(C)NC(=O)C(Cc1ccccc1)N(Cc1ccccc1)C(=O)CN(c1ccc2c(c1)OCCO2)S(=O)(=O)c1ccccc1. The van der Waals surface area contributed by atoms with Crippen LogP contribution in [0.1, 0.15) is 25.0 Å². The molecule has 1 heterocycles. The zero-order chi connectivity index (χ0) is 31.8. The first kappa shape index (κ1) is 31.6. The van der Waals surface area contributed by atoms with Crippen LogP contribution in [-0.2, 0) is 32.6 Å². The molecule has 1 unspecified atom stereocenters. The number of nitrogens with one attached hydrogen (secondary N) is 1. The summed E-state index contributed by atoms with van der Waals surface area (Å²) in [6.45, 7) is 3.96. The van der Waals surface area contributed by atoms with E-state index in [0.29, 0.717) is 24.7 Å². The molecule has 9 nitrogen and oxygen atoms in total. The molecular weight excluding hydrogens is 590 g/mol. The van der Waals surface area contributed by atoms with E-state index in [0.717, 1.165) is 15.4 Å². The van der Waals surface area contributed by atoms with Crippen LogP contribution < -0.4 is 19.1 Å². The number of rotatable bonds is 12. The Labute approximate surface area is 264 Å². The summed E-state index contributed by atoms with van der Waals surface area (Å²) in [7, 11) is -4.22. The van der Waals surface area contributed by atoms with E-state index >= 15 is 0 Å². The van der Waals surface area contributed by atoms with Gasteiger partial charge in [-0.05, 0) is 49.2 Å². The third-order valence-corrected chi connectivity index (χ3v) is 9.11. The zero-order valence-electron chi connectivity index (χ0n) is 25.3. The number of benzene rings is 4. The van der Waals surface area contributed by atoms with Crippen LogP contribution in [0, 0.1) is 0 Å². The number of hydrogen-bond donors (Lipinski definition) is 1. The maximum atomic E-state index is 14.5. The molecule has 0 aliphatic carbocycles. The van der Waals surface area contributed by atoms with Crippen LogP contribution in [0.5, 0.6) is 11.5 Å². The number of ether oxygens (including phenoxy) is 2. The minimum Gasteiger partial charge on any atom is -0.486 e. The van der Waals surface area contributed by atoms with Crippen molar-refractivity contribution >= 4 is 27.5 Å². The van der Waals surface area contributed by atoms with Gasteiger partial charge in [0, 0.05) is 25.1 Å². The lowest BCUT2D eigenvalue weighted by atomic mass is 10.0. The Kier molecular flexibility index (Phi) is 10.0. The van der Waals surface area contributed by atoms with E-state index in [-0.39, 0.29) is 35.5 Å². The van der Waals surface area contributed by atoms with Gasteiger partial charge in [0.2, 0.25) is 11.8 Å². The van der Waals surface area contributed by atoms with E-state index < -0.39 is 28.5 Å². The lowest BCUT2D eigenvalue weighted by Gasteiger charge is -2.34. The molecule has 1 atom stereocenters. The molecule has 0 aromatic heterocycles. The number of hydrogen-bond acceptors (Lipinski definition) is 6. The third kappa shape index (κ3) is 7.82. The Morgan fingerprint density at radius 1 is 0.778 bits per heavy atom. The lowest BCUT2D eigenvalue weighted by molar-refractivity contribution is -0.140. The van der Waals surface area contributed by atoms with Gasteiger partial charge in [0.1, 0.15) is 25.8 Å². The highest BCUT2D eigenvalue weighted by Crippen LogP contribution is 2.36. The highest BCUT2D eigenvalue weighted by Gasteiger charge is 2.35. The molecule has 2 amide bonds. The normalized spacial score (nSPS) is 13.1. The molecule has 0 radical (unpaired) electrons. The van der Waals surface area contributed by atoms with Crippen molar-refractivity contribution in [2.24, 2.45) is 0 Å². The highest BCUT2D eigenvalue weighted by atomic mass is 32.2. The quantitative estimate of drug-likeness (QED) is 0.242. The van der Waals surface area contributed by atoms with Gasteiger partial charge in [0.05, 0.1) is 10.6 Å². The second-order valence-corrected chi connectivity index (χ2v) is 12.9. The largest absolute Gasteiger partial charge is 0.486 e. The van der Waals surface area contributed by atoms with E-state index in [1.54, 1.807) is 36.4 Å². The fourth-order valence-corrected chi connectivity index (χ4v) is 6.58. The predicted molar refractivity (Wildman–Crippen MR) is 173 cm³/mol. The fraction of sp³-hybridized carbons (Fsp3) is 0.257. The molecule has 234 valence electrons. The van der Waals surface area contributed by atoms with Crippen LogP contribution in [0.25, 0.3) is 0 Å². The average molecular weight is 628 g/mol. The number of anilines is 1. The molecule has 1 aliphatic heterocycles. The van der Waals surface area contributed by atoms with Gasteiger partial charge in [-0.1, -0.05) is 78.9 Å². The van der Waals surface area contributed by atoms with E-state index in [9.17, 15) is 18.0 Å². The van der Waals surface area contributed by atoms with Crippen molar-refractivity contribution in [2.75, 3.05) is 24.1 Å². The number of sulfonamides is 1. The van der Waals surface area contributed by atoms with Crippen molar-refractivity contribution in [1.82, 2.24) is 10.2 Å². The molecule has 0 saturated carbocycles. The molecule has 0 spiro atoms. The van der Waals surface area contributed by atoms with Crippen LogP contribution in [0.2, 0.25) is 0 Å². The van der Waals surface area contributed by atoms with Gasteiger partial charge >= 0.3 is 0 Å². The monoisotopic (exact) mass is 627 g/mol. The van der Waals surface area contributed by atoms with Crippen molar-refractivity contribution in [3.05, 3.63) is 120 Å². The van der Waals surface area contributed by atoms with Crippen LogP contribution in [0.3, 0.4) is 0 Å². The van der Waals surface area contributed by atoms with Crippen molar-refractivity contribution in [3.8, 4) is 11.5 Å². The summed E-state index contributed by atoms with van der Waals surface area (Å²) in [6, 6.07) is 30.5. The molecule has 4 aromatic rings. The first-order valence-electron chi connectivity index (χ1n) is 14.9. The maximum absolute atomic E-state index is 14.5. The topological polar surface area (TPSA) is 105 Å². The molecule has 10 heteroatoms. The van der Waals surface area contributed by atoms with Crippen LogP contribution >= 0.6 is 0 Å². The summed E-state index contributed by atoms with van der Waals surface area (Å²) in [5, 5.41) is 2.96. The van der Waals surface area contributed by atoms with Crippen molar-refractivity contribution < 1.29 is 27.5 Å². The van der Waals surface area contributed by atoms with Gasteiger partial charge < -0.3 is 19.7 Å². The molecule has 0 bridgehead atoms. The molecular formula is C35H37N3O6S. The van der Waals surface area contributed by atoms with E-state index in [4.69, 9.17) is 9.47 Å². The van der Waals surface area contributed by atoms with Gasteiger partial charge in [0.25, 0.3) is 10.0 Å². The highest BCUT2D eigenvalue weighted by molar-refractivity contribution is 7.92. The summed E-state index contributed by atoms with van der Waals surface area (Å²) < 4.78 is 40.8. The number of fused-ring (bicyclic) bond motifs is 1. The van der Waals surface area contributed by atoms with Crippen LogP contribution in [-0.4, -0.2) is 57.0 Å². The van der Waals surface area contributed by atoms with E-state index in [2.05, 4.69) is 5.32 Å². The average Bonchev–Trinajstić information content (AvgIpc) is 3.06. The second-order valence-electron chi connectivity index (χ2n) is 11.0. The van der Waals surface area contributed by atoms with Gasteiger partial charge in [-0.15, -0.1) is 0 Å². The zero-order valence-corrected chi connectivity index (χ0v) is 26.2. The molecule has 5 rings (SSSR count). The van der Waals surface area contributed by atoms with Gasteiger partial charge in [-0.3, -0.25) is 13.9 Å². The first-order chi connectivity index (χ1) is 21.7. The van der Waals surface area contributed by atoms with Gasteiger partial charge in [0.15, 0.2) is 11.5 Å². The smallest absolute Gasteiger partial charge is 0.264 e. The molecule has 1 aliphatic rings. The molecule has 4 aromatic carbocycles. The Bertz CT molecular complexity index is 1700. The third-order valence-electron chi connectivity index (χ3n) is 7.32. The number of nitrogens with zero attached hydrogens (tertiary/aromatic N) is 2. The maximum Gasteiger partial charge on any atom is 0.264 e. The van der Waals surface area contributed by atoms with Gasteiger partial charge in [-0.25, -0.2) is 8.42 Å². The predicted octanol–water partition coefficient (Wildman–Crippen LogP) is 4.82. The number of carbonyl (C=O) groups excluding carboxylic acids is 2. The second kappa shape index (κ2) is 14.3. The summed E-state index contributed by atoms with van der Waals surface area (Å²) in [4.78, 5) is 29.8. The Morgan fingerprint density at radius 2 is 1.36 bits per heavy atom. The number of carbonyl (C=O) groups is 2. The summed E-state index contributed by atoms with van der Waals surface area (Å²) >= 11 is 0. The van der Waals surface area contributed by atoms with Gasteiger partial charge in [-0.2, -0.15) is 0 Å². The van der Waals surface area contributed by atoms with Crippen molar-refractivity contribution in [2.45, 2.75) is 43.8 Å². The summed E-state index contributed by atoms with van der Waals surface area (Å²) in [6.07, 6.45) is 0.243. The summed E-state index contributed by atoms with van der Waals surface area (Å²) in [5.41, 5.74) is 1.91. The van der Waals surface area contributed by atoms with Crippen molar-refractivity contribution in [1.29, 1.82) is 0 Å². The minimum absolute atomic E-state index is 0.0284. The molecule has 45 heavy (non-hydrogen) atoms. The van der Waals surface area contributed by atoms with E-state index in [1.165, 1.54) is 17.0 Å². The standard InChI is InChI=1S/C35H37N3O6S/c1-26(2)36-35(40)31(22-27-12-6-3-7-13-27)37(24-28-14-8-4-9-15-28)34(39)25-38(45(41,42)30-16-10-5-11-17-30)29-18-19-32-33(23-29)44-21-20-43-32/h3-19,23,26,31H,20-22,24-25H2,1-2H3,(H,36,40). The fourth-order valence-electron chi connectivity index (χ4n) is 5.15. The van der Waals surface area contributed by atoms with E-state index in [1.807, 2.05) is 74.5 Å². The lowest BCUT2D eigenvalue weighted by Crippen LogP contribution is -2.54. The Hall–Kier alpha value is -4.83. The Morgan fingerprint density at radius 3 is 1.98 bits per heavy atom. The number of amides is 2. The first-order valence-corrected chi connectivity index (χ1v) is 16.3. The van der Waals surface area contributed by atoms with Crippen LogP contribution in [0.4, 0.5) is 5.69 Å². The van der Waals surface area contributed by atoms with Crippen LogP contribution in [0.15, 0.2) is 114 Å². The minimum atomic E-state index is -4.22. The summed E-state index contributed by atoms with van der Waals surface area (Å²) in [5.74, 6) is 0.0225. The molecule has 0 saturated heterocycles. The Balaban J connectivity index is 1.57.